The first kappa shape index (κ1) is 91.6. The molecule has 6 nitrogen and oxygen atoms in total. The van der Waals surface area contributed by atoms with Gasteiger partial charge in [-0.2, -0.15) is 0 Å². The molecule has 0 rings (SSSR count). The van der Waals surface area contributed by atoms with Gasteiger partial charge in [-0.1, -0.05) is 456 Å². The molecular formula is C87H171NO5. The van der Waals surface area contributed by atoms with Crippen LogP contribution in [0.5, 0.6) is 0 Å². The first-order valence-electron chi connectivity index (χ1n) is 43.4. The Kier molecular flexibility index (Phi) is 81.8. The van der Waals surface area contributed by atoms with E-state index in [-0.39, 0.29) is 18.5 Å². The number of rotatable bonds is 83. The van der Waals surface area contributed by atoms with Crippen molar-refractivity contribution in [1.82, 2.24) is 5.32 Å². The predicted molar refractivity (Wildman–Crippen MR) is 412 cm³/mol. The van der Waals surface area contributed by atoms with Crippen molar-refractivity contribution in [1.29, 1.82) is 0 Å². The van der Waals surface area contributed by atoms with Crippen LogP contribution in [0.4, 0.5) is 0 Å². The molecule has 0 aliphatic carbocycles. The Morgan fingerprint density at radius 1 is 0.290 bits per heavy atom. The van der Waals surface area contributed by atoms with Crippen LogP contribution in [0.2, 0.25) is 0 Å². The smallest absolute Gasteiger partial charge is 0.305 e. The lowest BCUT2D eigenvalue weighted by Crippen LogP contribution is -2.45. The molecule has 0 aliphatic rings. The highest BCUT2D eigenvalue weighted by atomic mass is 16.5. The summed E-state index contributed by atoms with van der Waals surface area (Å²) < 4.78 is 5.51. The third-order valence-corrected chi connectivity index (χ3v) is 20.8. The van der Waals surface area contributed by atoms with E-state index >= 15 is 0 Å². The molecule has 6 heteroatoms. The maximum absolute atomic E-state index is 12.6. The maximum atomic E-state index is 12.6. The summed E-state index contributed by atoms with van der Waals surface area (Å²) in [6.45, 7) is 5.02. The first-order valence-corrected chi connectivity index (χ1v) is 43.4. The summed E-state index contributed by atoms with van der Waals surface area (Å²) in [6.07, 6.45) is 106. The van der Waals surface area contributed by atoms with Crippen LogP contribution in [-0.4, -0.2) is 47.4 Å². The molecule has 3 N–H and O–H groups in total. The average Bonchev–Trinajstić information content (AvgIpc) is 3.78. The minimum Gasteiger partial charge on any atom is -0.466 e. The lowest BCUT2D eigenvalue weighted by Gasteiger charge is -2.22. The molecule has 0 aromatic heterocycles. The van der Waals surface area contributed by atoms with Gasteiger partial charge >= 0.3 is 5.97 Å². The van der Waals surface area contributed by atoms with Crippen LogP contribution in [0, 0.1) is 0 Å². The molecule has 2 atom stereocenters. The second-order valence-corrected chi connectivity index (χ2v) is 30.2. The SMILES string of the molecule is CCCCCCCCCCCCCCCCCCCCCCCCCC(O)C(CO)NC(=O)CCCCCCCCCCCCCCCCCCC/C=C\CCCCCCCCCCCCCCCCCCCCOC(=O)CCCCCCCCCCCCCCCC. The van der Waals surface area contributed by atoms with Crippen molar-refractivity contribution in [2.75, 3.05) is 13.2 Å². The Hall–Kier alpha value is -1.40. The van der Waals surface area contributed by atoms with Gasteiger partial charge in [-0.3, -0.25) is 9.59 Å². The second kappa shape index (κ2) is 83.0. The van der Waals surface area contributed by atoms with Gasteiger partial charge in [0.25, 0.3) is 0 Å². The molecule has 0 spiro atoms. The van der Waals surface area contributed by atoms with Crippen LogP contribution in [-0.2, 0) is 14.3 Å². The van der Waals surface area contributed by atoms with E-state index in [4.69, 9.17) is 4.74 Å². The Bertz CT molecular complexity index is 1420. The van der Waals surface area contributed by atoms with Crippen LogP contribution in [0.25, 0.3) is 0 Å². The Labute approximate surface area is 584 Å². The number of carbonyl (C=O) groups is 2. The minimum atomic E-state index is -0.662. The number of unbranched alkanes of at least 4 members (excludes halogenated alkanes) is 70. The van der Waals surface area contributed by atoms with E-state index in [9.17, 15) is 19.8 Å². The molecule has 554 valence electrons. The molecule has 0 saturated heterocycles. The zero-order chi connectivity index (χ0) is 67.0. The molecule has 93 heavy (non-hydrogen) atoms. The highest BCUT2D eigenvalue weighted by Crippen LogP contribution is 2.21. The van der Waals surface area contributed by atoms with Crippen LogP contribution in [0.1, 0.15) is 508 Å². The monoisotopic (exact) mass is 1310 g/mol. The van der Waals surface area contributed by atoms with E-state index in [1.54, 1.807) is 0 Å². The summed E-state index contributed by atoms with van der Waals surface area (Å²) in [5.74, 6) is 0.00200. The van der Waals surface area contributed by atoms with Crippen molar-refractivity contribution in [3.8, 4) is 0 Å². The second-order valence-electron chi connectivity index (χ2n) is 30.2. The largest absolute Gasteiger partial charge is 0.466 e. The summed E-state index contributed by atoms with van der Waals surface area (Å²) in [5, 5.41) is 23.5. The van der Waals surface area contributed by atoms with Crippen molar-refractivity contribution < 1.29 is 24.5 Å². The van der Waals surface area contributed by atoms with Gasteiger partial charge in [-0.05, 0) is 51.4 Å². The summed E-state index contributed by atoms with van der Waals surface area (Å²) in [5.41, 5.74) is 0. The molecule has 0 saturated carbocycles. The zero-order valence-electron chi connectivity index (χ0n) is 63.8. The number of allylic oxidation sites excluding steroid dienone is 2. The highest BCUT2D eigenvalue weighted by Gasteiger charge is 2.20. The van der Waals surface area contributed by atoms with Crippen LogP contribution in [0.15, 0.2) is 12.2 Å². The number of hydrogen-bond acceptors (Lipinski definition) is 5. The molecule has 0 bridgehead atoms. The number of nitrogens with one attached hydrogen (secondary N) is 1. The van der Waals surface area contributed by atoms with Crippen molar-refractivity contribution in [3.05, 3.63) is 12.2 Å². The fourth-order valence-corrected chi connectivity index (χ4v) is 14.2. The van der Waals surface area contributed by atoms with Gasteiger partial charge in [-0.15, -0.1) is 0 Å². The Morgan fingerprint density at radius 3 is 0.763 bits per heavy atom. The first-order chi connectivity index (χ1) is 46.0. The van der Waals surface area contributed by atoms with Crippen LogP contribution < -0.4 is 5.32 Å². The predicted octanol–water partition coefficient (Wildman–Crippen LogP) is 29.0. The molecule has 1 amide bonds. The van der Waals surface area contributed by atoms with E-state index in [2.05, 4.69) is 31.3 Å². The summed E-state index contributed by atoms with van der Waals surface area (Å²) in [6, 6.07) is -0.539. The Balaban J connectivity index is 3.32. The molecule has 0 aromatic carbocycles. The quantitative estimate of drug-likeness (QED) is 0.0320. The van der Waals surface area contributed by atoms with Gasteiger partial charge in [0.15, 0.2) is 0 Å². The molecular weight excluding hydrogens is 1140 g/mol. The average molecular weight is 1310 g/mol. The fraction of sp³-hybridized carbons (Fsp3) is 0.954. The van der Waals surface area contributed by atoms with Gasteiger partial charge in [0, 0.05) is 12.8 Å². The van der Waals surface area contributed by atoms with E-state index < -0.39 is 12.1 Å². The number of carbonyl (C=O) groups excluding carboxylic acids is 2. The van der Waals surface area contributed by atoms with Gasteiger partial charge in [0.1, 0.15) is 0 Å². The van der Waals surface area contributed by atoms with Crippen molar-refractivity contribution >= 4 is 11.9 Å². The summed E-state index contributed by atoms with van der Waals surface area (Å²) in [7, 11) is 0. The van der Waals surface area contributed by atoms with E-state index in [1.807, 2.05) is 0 Å². The normalized spacial score (nSPS) is 12.4. The number of hydrogen-bond donors (Lipinski definition) is 3. The van der Waals surface area contributed by atoms with Crippen molar-refractivity contribution in [2.45, 2.75) is 520 Å². The topological polar surface area (TPSA) is 95.9 Å². The van der Waals surface area contributed by atoms with Crippen molar-refractivity contribution in [2.24, 2.45) is 0 Å². The van der Waals surface area contributed by atoms with E-state index in [0.29, 0.717) is 25.9 Å². The molecule has 0 fully saturated rings. The molecule has 0 radical (unpaired) electrons. The molecule has 0 heterocycles. The molecule has 0 aromatic rings. The van der Waals surface area contributed by atoms with Gasteiger partial charge < -0.3 is 20.3 Å². The van der Waals surface area contributed by atoms with E-state index in [0.717, 1.165) is 38.5 Å². The standard InChI is InChI=1S/C87H171NO5/c1-3-5-7-9-11-13-15-17-19-20-21-22-40-43-46-49-52-55-59-63-67-71-75-79-85(90)84(83-89)88-86(91)80-76-72-68-64-60-56-53-50-47-44-41-38-36-34-32-30-28-26-24-23-25-27-29-31-33-35-37-39-42-45-48-51-54-58-62-66-70-74-78-82-93-87(92)81-77-73-69-65-61-57-18-16-14-12-10-8-6-4-2/h23-24,84-85,89-90H,3-22,25-83H2,1-2H3,(H,88,91)/b24-23-. The van der Waals surface area contributed by atoms with Crippen LogP contribution >= 0.6 is 0 Å². The van der Waals surface area contributed by atoms with Gasteiger partial charge in [-0.25, -0.2) is 0 Å². The maximum Gasteiger partial charge on any atom is 0.305 e. The van der Waals surface area contributed by atoms with Crippen LogP contribution in [0.3, 0.4) is 0 Å². The third-order valence-electron chi connectivity index (χ3n) is 20.8. The van der Waals surface area contributed by atoms with E-state index in [1.165, 1.54) is 437 Å². The lowest BCUT2D eigenvalue weighted by molar-refractivity contribution is -0.143. The number of aliphatic hydroxyl groups is 2. The number of aliphatic hydroxyl groups excluding tert-OH is 2. The summed E-state index contributed by atoms with van der Waals surface area (Å²) >= 11 is 0. The lowest BCUT2D eigenvalue weighted by atomic mass is 10.0. The number of amides is 1. The molecule has 2 unspecified atom stereocenters. The zero-order valence-corrected chi connectivity index (χ0v) is 63.8. The minimum absolute atomic E-state index is 0.0241. The third kappa shape index (κ3) is 79.5. The van der Waals surface area contributed by atoms with Crippen molar-refractivity contribution in [3.63, 3.8) is 0 Å². The Morgan fingerprint density at radius 2 is 0.505 bits per heavy atom. The number of ether oxygens (including phenoxy) is 1. The van der Waals surface area contributed by atoms with Gasteiger partial charge in [0.05, 0.1) is 25.4 Å². The highest BCUT2D eigenvalue weighted by molar-refractivity contribution is 5.76. The fourth-order valence-electron chi connectivity index (χ4n) is 14.2. The van der Waals surface area contributed by atoms with Gasteiger partial charge in [0.2, 0.25) is 5.91 Å². The summed E-state index contributed by atoms with van der Waals surface area (Å²) in [4.78, 5) is 24.7. The number of esters is 1. The molecule has 0 aliphatic heterocycles.